The van der Waals surface area contributed by atoms with Gasteiger partial charge in [0.2, 0.25) is 0 Å². The van der Waals surface area contributed by atoms with Crippen LogP contribution in [-0.4, -0.2) is 28.8 Å². The summed E-state index contributed by atoms with van der Waals surface area (Å²) in [6.45, 7) is 1.87. The normalized spacial score (nSPS) is 10.6. The number of hydrogen-bond donors (Lipinski definition) is 1. The Balaban J connectivity index is 1.72. The Labute approximate surface area is 190 Å². The number of anilines is 1. The number of carbonyl (C=O) groups excluding carboxylic acids is 2. The van der Waals surface area contributed by atoms with Crippen molar-refractivity contribution in [2.45, 2.75) is 6.92 Å². The molecule has 0 radical (unpaired) electrons. The second kappa shape index (κ2) is 9.08. The molecule has 0 atom stereocenters. The summed E-state index contributed by atoms with van der Waals surface area (Å²) in [6, 6.07) is 23.5. The van der Waals surface area contributed by atoms with Gasteiger partial charge < -0.3 is 10.1 Å². The number of amides is 1. The molecule has 0 aliphatic heterocycles. The van der Waals surface area contributed by atoms with Gasteiger partial charge in [-0.2, -0.15) is 5.10 Å². The maximum atomic E-state index is 13.1. The van der Waals surface area contributed by atoms with Crippen molar-refractivity contribution in [2.75, 3.05) is 12.4 Å². The van der Waals surface area contributed by atoms with Gasteiger partial charge in [-0.3, -0.25) is 4.79 Å². The maximum Gasteiger partial charge on any atom is 0.337 e. The van der Waals surface area contributed by atoms with Crippen LogP contribution in [0.25, 0.3) is 16.9 Å². The molecule has 0 unspecified atom stereocenters. The first kappa shape index (κ1) is 21.3. The average molecular weight is 446 g/mol. The lowest BCUT2D eigenvalue weighted by Gasteiger charge is -2.08. The molecule has 32 heavy (non-hydrogen) atoms. The van der Waals surface area contributed by atoms with E-state index >= 15 is 0 Å². The minimum absolute atomic E-state index is 0.302. The van der Waals surface area contributed by atoms with Gasteiger partial charge in [0.15, 0.2) is 5.69 Å². The van der Waals surface area contributed by atoms with Crippen molar-refractivity contribution in [3.63, 3.8) is 0 Å². The number of hydrogen-bond acceptors (Lipinski definition) is 4. The number of aromatic nitrogens is 2. The lowest BCUT2D eigenvalue weighted by Crippen LogP contribution is -2.14. The van der Waals surface area contributed by atoms with Gasteiger partial charge in [0, 0.05) is 21.8 Å². The summed E-state index contributed by atoms with van der Waals surface area (Å²) in [5.74, 6) is -0.786. The van der Waals surface area contributed by atoms with Crippen LogP contribution < -0.4 is 5.32 Å². The Morgan fingerprint density at radius 1 is 0.938 bits per heavy atom. The van der Waals surface area contributed by atoms with Crippen LogP contribution in [-0.2, 0) is 4.74 Å². The topological polar surface area (TPSA) is 73.2 Å². The largest absolute Gasteiger partial charge is 0.465 e. The molecule has 4 rings (SSSR count). The van der Waals surface area contributed by atoms with Gasteiger partial charge in [0.05, 0.1) is 24.1 Å². The molecular weight excluding hydrogens is 426 g/mol. The summed E-state index contributed by atoms with van der Waals surface area (Å²) in [5.41, 5.74) is 4.54. The first-order chi connectivity index (χ1) is 15.5. The van der Waals surface area contributed by atoms with Gasteiger partial charge in [0.1, 0.15) is 0 Å². The van der Waals surface area contributed by atoms with Crippen LogP contribution in [0.1, 0.15) is 26.4 Å². The zero-order valence-electron chi connectivity index (χ0n) is 17.5. The Kier molecular flexibility index (Phi) is 6.05. The molecular formula is C25H20ClN3O3. The van der Waals surface area contributed by atoms with Crippen LogP contribution in [0.5, 0.6) is 0 Å². The number of halogens is 1. The van der Waals surface area contributed by atoms with Crippen LogP contribution in [0.15, 0.2) is 78.9 Å². The first-order valence-corrected chi connectivity index (χ1v) is 10.3. The van der Waals surface area contributed by atoms with E-state index in [0.29, 0.717) is 22.0 Å². The van der Waals surface area contributed by atoms with Crippen molar-refractivity contribution in [3.8, 4) is 16.9 Å². The fourth-order valence-corrected chi connectivity index (χ4v) is 3.54. The maximum absolute atomic E-state index is 13.1. The molecule has 0 fully saturated rings. The van der Waals surface area contributed by atoms with E-state index in [9.17, 15) is 9.59 Å². The van der Waals surface area contributed by atoms with Crippen molar-refractivity contribution < 1.29 is 14.3 Å². The van der Waals surface area contributed by atoms with Crippen LogP contribution in [0, 0.1) is 6.92 Å². The van der Waals surface area contributed by atoms with Crippen LogP contribution in [0.2, 0.25) is 5.02 Å². The highest BCUT2D eigenvalue weighted by molar-refractivity contribution is 6.30. The van der Waals surface area contributed by atoms with Crippen LogP contribution in [0.3, 0.4) is 0 Å². The molecule has 7 heteroatoms. The molecule has 1 aromatic heterocycles. The number of esters is 1. The second-order valence-corrected chi connectivity index (χ2v) is 7.54. The Morgan fingerprint density at radius 3 is 2.22 bits per heavy atom. The third-order valence-corrected chi connectivity index (χ3v) is 5.27. The number of methoxy groups -OCH3 is 1. The monoisotopic (exact) mass is 445 g/mol. The summed E-state index contributed by atoms with van der Waals surface area (Å²) >= 11 is 6.05. The smallest absolute Gasteiger partial charge is 0.337 e. The molecule has 6 nitrogen and oxygen atoms in total. The van der Waals surface area contributed by atoms with E-state index in [1.807, 2.05) is 49.4 Å². The third kappa shape index (κ3) is 4.26. The molecule has 4 aromatic rings. The minimum Gasteiger partial charge on any atom is -0.465 e. The zero-order valence-corrected chi connectivity index (χ0v) is 18.3. The van der Waals surface area contributed by atoms with Crippen molar-refractivity contribution in [3.05, 3.63) is 101 Å². The standard InChI is InChI=1S/C25H20ClN3O3/c1-16-22(24(30)27-20-12-8-18(9-13-20)25(31)32-2)28-29(21-14-10-19(26)11-15-21)23(16)17-6-4-3-5-7-17/h3-15H,1-2H3,(H,27,30). The number of nitrogens with zero attached hydrogens (tertiary/aromatic N) is 2. The minimum atomic E-state index is -0.437. The van der Waals surface area contributed by atoms with E-state index in [1.165, 1.54) is 7.11 Å². The van der Waals surface area contributed by atoms with Gasteiger partial charge in [-0.25, -0.2) is 9.48 Å². The van der Waals surface area contributed by atoms with Gasteiger partial charge in [-0.05, 0) is 55.5 Å². The van der Waals surface area contributed by atoms with Gasteiger partial charge in [-0.1, -0.05) is 41.9 Å². The predicted molar refractivity (Wildman–Crippen MR) is 124 cm³/mol. The quantitative estimate of drug-likeness (QED) is 0.409. The second-order valence-electron chi connectivity index (χ2n) is 7.10. The molecule has 0 aliphatic rings. The Morgan fingerprint density at radius 2 is 1.59 bits per heavy atom. The highest BCUT2D eigenvalue weighted by Crippen LogP contribution is 2.29. The average Bonchev–Trinajstić information content (AvgIpc) is 3.17. The number of ether oxygens (including phenoxy) is 1. The molecule has 0 aliphatic carbocycles. The van der Waals surface area contributed by atoms with Gasteiger partial charge in [-0.15, -0.1) is 0 Å². The summed E-state index contributed by atoms with van der Waals surface area (Å²) in [7, 11) is 1.32. The summed E-state index contributed by atoms with van der Waals surface area (Å²) < 4.78 is 6.45. The van der Waals surface area contributed by atoms with Crippen molar-refractivity contribution in [1.82, 2.24) is 9.78 Å². The van der Waals surface area contributed by atoms with Crippen molar-refractivity contribution in [2.24, 2.45) is 0 Å². The number of carbonyl (C=O) groups is 2. The molecule has 0 saturated heterocycles. The lowest BCUT2D eigenvalue weighted by molar-refractivity contribution is 0.0600. The van der Waals surface area contributed by atoms with E-state index in [-0.39, 0.29) is 5.91 Å². The first-order valence-electron chi connectivity index (χ1n) is 9.88. The van der Waals surface area contributed by atoms with E-state index in [2.05, 4.69) is 10.4 Å². The Hall–Kier alpha value is -3.90. The molecule has 0 saturated carbocycles. The van der Waals surface area contributed by atoms with Gasteiger partial charge >= 0.3 is 5.97 Å². The van der Waals surface area contributed by atoms with Crippen molar-refractivity contribution in [1.29, 1.82) is 0 Å². The van der Waals surface area contributed by atoms with E-state index in [0.717, 1.165) is 22.5 Å². The van der Waals surface area contributed by atoms with Gasteiger partial charge in [0.25, 0.3) is 5.91 Å². The van der Waals surface area contributed by atoms with E-state index in [1.54, 1.807) is 41.1 Å². The number of benzene rings is 3. The lowest BCUT2D eigenvalue weighted by atomic mass is 10.1. The highest BCUT2D eigenvalue weighted by Gasteiger charge is 2.22. The van der Waals surface area contributed by atoms with Crippen LogP contribution >= 0.6 is 11.6 Å². The molecule has 1 heterocycles. The summed E-state index contributed by atoms with van der Waals surface area (Å²) in [4.78, 5) is 24.7. The van der Waals surface area contributed by atoms with E-state index < -0.39 is 5.97 Å². The molecule has 3 aromatic carbocycles. The fourth-order valence-electron chi connectivity index (χ4n) is 3.41. The molecule has 1 amide bonds. The number of rotatable bonds is 5. The summed E-state index contributed by atoms with van der Waals surface area (Å²) in [5, 5.41) is 8.09. The molecule has 0 bridgehead atoms. The van der Waals surface area contributed by atoms with Crippen LogP contribution in [0.4, 0.5) is 5.69 Å². The number of nitrogens with one attached hydrogen (secondary N) is 1. The predicted octanol–water partition coefficient (Wildman–Crippen LogP) is 5.54. The molecule has 1 N–H and O–H groups in total. The molecule has 160 valence electrons. The fraction of sp³-hybridized carbons (Fsp3) is 0.0800. The highest BCUT2D eigenvalue weighted by atomic mass is 35.5. The SMILES string of the molecule is COC(=O)c1ccc(NC(=O)c2nn(-c3ccc(Cl)cc3)c(-c3ccccc3)c2C)cc1. The Bertz CT molecular complexity index is 1260. The molecule has 0 spiro atoms. The van der Waals surface area contributed by atoms with E-state index in [4.69, 9.17) is 16.3 Å². The zero-order chi connectivity index (χ0) is 22.7. The summed E-state index contributed by atoms with van der Waals surface area (Å²) in [6.07, 6.45) is 0. The third-order valence-electron chi connectivity index (χ3n) is 5.02. The van der Waals surface area contributed by atoms with Crippen molar-refractivity contribution >= 4 is 29.2 Å².